The van der Waals surface area contributed by atoms with Crippen molar-refractivity contribution in [2.24, 2.45) is 0 Å². The average molecular weight is 260 g/mol. The molecule has 0 saturated carbocycles. The standard InChI is InChI=1S/C15H13FO3/c1-10-5-2-3-6-11(10)9-19-13-8-4-7-12(16)14(13)15(17)18/h2-8H,9H2,1H3,(H,17,18). The quantitative estimate of drug-likeness (QED) is 0.916. The molecule has 0 amide bonds. The lowest BCUT2D eigenvalue weighted by Gasteiger charge is -2.11. The van der Waals surface area contributed by atoms with Crippen LogP contribution in [-0.2, 0) is 6.61 Å². The fourth-order valence-corrected chi connectivity index (χ4v) is 1.76. The van der Waals surface area contributed by atoms with Crippen LogP contribution in [-0.4, -0.2) is 11.1 Å². The fourth-order valence-electron chi connectivity index (χ4n) is 1.76. The molecule has 2 aromatic rings. The summed E-state index contributed by atoms with van der Waals surface area (Å²) in [6.07, 6.45) is 0. The van der Waals surface area contributed by atoms with Crippen LogP contribution in [0.1, 0.15) is 21.5 Å². The Morgan fingerprint density at radius 2 is 1.95 bits per heavy atom. The van der Waals surface area contributed by atoms with Gasteiger partial charge in [0, 0.05) is 0 Å². The highest BCUT2D eigenvalue weighted by atomic mass is 19.1. The molecule has 0 unspecified atom stereocenters. The fraction of sp³-hybridized carbons (Fsp3) is 0.133. The number of aryl methyl sites for hydroxylation is 1. The third-order valence-electron chi connectivity index (χ3n) is 2.83. The Labute approximate surface area is 110 Å². The van der Waals surface area contributed by atoms with Gasteiger partial charge in [-0.15, -0.1) is 0 Å². The third kappa shape index (κ3) is 2.91. The van der Waals surface area contributed by atoms with Crippen molar-refractivity contribution in [2.45, 2.75) is 13.5 Å². The van der Waals surface area contributed by atoms with Gasteiger partial charge in [-0.05, 0) is 30.2 Å². The summed E-state index contributed by atoms with van der Waals surface area (Å²) in [5.74, 6) is -2.09. The summed E-state index contributed by atoms with van der Waals surface area (Å²) in [5.41, 5.74) is 1.54. The van der Waals surface area contributed by atoms with Crippen LogP contribution < -0.4 is 4.74 Å². The van der Waals surface area contributed by atoms with Crippen molar-refractivity contribution in [1.29, 1.82) is 0 Å². The van der Waals surface area contributed by atoms with Gasteiger partial charge in [-0.25, -0.2) is 9.18 Å². The summed E-state index contributed by atoms with van der Waals surface area (Å²) in [6.45, 7) is 2.14. The summed E-state index contributed by atoms with van der Waals surface area (Å²) < 4.78 is 18.9. The molecule has 3 nitrogen and oxygen atoms in total. The first-order chi connectivity index (χ1) is 9.09. The van der Waals surface area contributed by atoms with Crippen LogP contribution >= 0.6 is 0 Å². The molecule has 0 fully saturated rings. The topological polar surface area (TPSA) is 46.5 Å². The molecule has 0 aliphatic heterocycles. The first-order valence-electron chi connectivity index (χ1n) is 5.78. The Kier molecular flexibility index (Phi) is 3.80. The van der Waals surface area contributed by atoms with Crippen molar-refractivity contribution in [3.63, 3.8) is 0 Å². The molecule has 1 N–H and O–H groups in total. The lowest BCUT2D eigenvalue weighted by molar-refractivity contribution is 0.0686. The Bertz CT molecular complexity index is 608. The van der Waals surface area contributed by atoms with Gasteiger partial charge in [0.25, 0.3) is 0 Å². The normalized spacial score (nSPS) is 10.2. The Morgan fingerprint density at radius 1 is 1.21 bits per heavy atom. The second-order valence-corrected chi connectivity index (χ2v) is 4.13. The minimum atomic E-state index is -1.34. The number of aromatic carboxylic acids is 1. The summed E-state index contributed by atoms with van der Waals surface area (Å²) in [5, 5.41) is 8.98. The number of ether oxygens (including phenoxy) is 1. The van der Waals surface area contributed by atoms with Crippen molar-refractivity contribution in [2.75, 3.05) is 0 Å². The van der Waals surface area contributed by atoms with Gasteiger partial charge in [-0.3, -0.25) is 0 Å². The molecular weight excluding hydrogens is 247 g/mol. The molecule has 0 aliphatic rings. The number of carboxylic acids is 1. The molecule has 2 aromatic carbocycles. The van der Waals surface area contributed by atoms with Crippen LogP contribution in [0.5, 0.6) is 5.75 Å². The van der Waals surface area contributed by atoms with Crippen LogP contribution in [0, 0.1) is 12.7 Å². The number of halogens is 1. The van der Waals surface area contributed by atoms with Crippen LogP contribution in [0.2, 0.25) is 0 Å². The number of carbonyl (C=O) groups is 1. The third-order valence-corrected chi connectivity index (χ3v) is 2.83. The van der Waals surface area contributed by atoms with Gasteiger partial charge in [0.1, 0.15) is 23.7 Å². The Hall–Kier alpha value is -2.36. The SMILES string of the molecule is Cc1ccccc1COc1cccc(F)c1C(=O)O. The first kappa shape index (κ1) is 13.1. The van der Waals surface area contributed by atoms with Crippen LogP contribution in [0.3, 0.4) is 0 Å². The monoisotopic (exact) mass is 260 g/mol. The Balaban J connectivity index is 2.23. The summed E-state index contributed by atoms with van der Waals surface area (Å²) in [6, 6.07) is 11.6. The molecular formula is C15H13FO3. The van der Waals surface area contributed by atoms with E-state index in [0.29, 0.717) is 0 Å². The van der Waals surface area contributed by atoms with Crippen molar-refractivity contribution < 1.29 is 19.0 Å². The maximum atomic E-state index is 13.4. The predicted octanol–water partition coefficient (Wildman–Crippen LogP) is 3.41. The second-order valence-electron chi connectivity index (χ2n) is 4.13. The van der Waals surface area contributed by atoms with Gasteiger partial charge >= 0.3 is 5.97 Å². The maximum Gasteiger partial charge on any atom is 0.342 e. The highest BCUT2D eigenvalue weighted by Crippen LogP contribution is 2.23. The second kappa shape index (κ2) is 5.52. The van der Waals surface area contributed by atoms with E-state index in [4.69, 9.17) is 9.84 Å². The molecule has 0 bridgehead atoms. The molecule has 2 rings (SSSR count). The molecule has 19 heavy (non-hydrogen) atoms. The Morgan fingerprint density at radius 3 is 2.63 bits per heavy atom. The average Bonchev–Trinajstić information content (AvgIpc) is 2.37. The van der Waals surface area contributed by atoms with Gasteiger partial charge in [0.15, 0.2) is 0 Å². The highest BCUT2D eigenvalue weighted by molar-refractivity contribution is 5.91. The zero-order valence-electron chi connectivity index (χ0n) is 10.4. The molecule has 0 radical (unpaired) electrons. The van der Waals surface area contributed by atoms with E-state index in [9.17, 15) is 9.18 Å². The van der Waals surface area contributed by atoms with E-state index >= 15 is 0 Å². The van der Waals surface area contributed by atoms with Crippen molar-refractivity contribution in [1.82, 2.24) is 0 Å². The van der Waals surface area contributed by atoms with Crippen LogP contribution in [0.4, 0.5) is 4.39 Å². The molecule has 0 aliphatic carbocycles. The number of rotatable bonds is 4. The largest absolute Gasteiger partial charge is 0.488 e. The van der Waals surface area contributed by atoms with Crippen molar-refractivity contribution in [3.8, 4) is 5.75 Å². The van der Waals surface area contributed by atoms with Crippen molar-refractivity contribution >= 4 is 5.97 Å². The molecule has 0 spiro atoms. The summed E-state index contributed by atoms with van der Waals surface area (Å²) in [7, 11) is 0. The zero-order valence-corrected chi connectivity index (χ0v) is 10.4. The van der Waals surface area contributed by atoms with E-state index in [2.05, 4.69) is 0 Å². The smallest absolute Gasteiger partial charge is 0.342 e. The minimum Gasteiger partial charge on any atom is -0.488 e. The minimum absolute atomic E-state index is 0.0377. The van der Waals surface area contributed by atoms with Gasteiger partial charge < -0.3 is 9.84 Å². The summed E-state index contributed by atoms with van der Waals surface area (Å²) >= 11 is 0. The van der Waals surface area contributed by atoms with Crippen LogP contribution in [0.25, 0.3) is 0 Å². The highest BCUT2D eigenvalue weighted by Gasteiger charge is 2.16. The molecule has 98 valence electrons. The number of benzene rings is 2. The van der Waals surface area contributed by atoms with E-state index in [-0.39, 0.29) is 12.4 Å². The molecule has 0 atom stereocenters. The van der Waals surface area contributed by atoms with Gasteiger partial charge in [-0.1, -0.05) is 30.3 Å². The van der Waals surface area contributed by atoms with Crippen LogP contribution in [0.15, 0.2) is 42.5 Å². The zero-order chi connectivity index (χ0) is 13.8. The van der Waals surface area contributed by atoms with E-state index in [1.54, 1.807) is 0 Å². The van der Waals surface area contributed by atoms with E-state index < -0.39 is 17.3 Å². The molecule has 4 heteroatoms. The summed E-state index contributed by atoms with van der Waals surface area (Å²) in [4.78, 5) is 11.0. The van der Waals surface area contributed by atoms with E-state index in [0.717, 1.165) is 17.2 Å². The maximum absolute atomic E-state index is 13.4. The molecule has 0 saturated heterocycles. The van der Waals surface area contributed by atoms with E-state index in [1.807, 2.05) is 31.2 Å². The van der Waals surface area contributed by atoms with Crippen molar-refractivity contribution in [3.05, 3.63) is 65.0 Å². The van der Waals surface area contributed by atoms with Gasteiger partial charge in [0.2, 0.25) is 0 Å². The van der Waals surface area contributed by atoms with E-state index in [1.165, 1.54) is 12.1 Å². The number of hydrogen-bond acceptors (Lipinski definition) is 2. The number of carboxylic acid groups (broad SMARTS) is 1. The first-order valence-corrected chi connectivity index (χ1v) is 5.78. The molecule has 0 heterocycles. The van der Waals surface area contributed by atoms with Gasteiger partial charge in [0.05, 0.1) is 0 Å². The van der Waals surface area contributed by atoms with Gasteiger partial charge in [-0.2, -0.15) is 0 Å². The molecule has 0 aromatic heterocycles. The lowest BCUT2D eigenvalue weighted by Crippen LogP contribution is -2.06. The predicted molar refractivity (Wildman–Crippen MR) is 68.9 cm³/mol. The lowest BCUT2D eigenvalue weighted by atomic mass is 10.1. The number of hydrogen-bond donors (Lipinski definition) is 1.